The SMILES string of the molecule is C=CCOCCn1c(N2CCN(C)CC2)nc2ccccc21.C=CCOCCn1c(N2CCN(C)CC2)nc2ccccc21.O=C(O)/C=C/C(=O)O.O=C(O)/C=C/C(=O)O.O=C(O)/C=C/C(=O)O. The van der Waals surface area contributed by atoms with Crippen molar-refractivity contribution in [1.82, 2.24) is 28.9 Å². The van der Waals surface area contributed by atoms with Crippen LogP contribution >= 0.6 is 0 Å². The molecule has 2 saturated heterocycles. The molecule has 4 heterocycles. The van der Waals surface area contributed by atoms with Crippen LogP contribution in [0.4, 0.5) is 11.9 Å². The zero-order valence-corrected chi connectivity index (χ0v) is 38.1. The first kappa shape index (κ1) is 56.5. The maximum Gasteiger partial charge on any atom is 0.328 e. The molecule has 6 rings (SSSR count). The van der Waals surface area contributed by atoms with Crippen molar-refractivity contribution in [2.45, 2.75) is 13.1 Å². The Morgan fingerprint density at radius 3 is 1.04 bits per heavy atom. The Morgan fingerprint density at radius 2 is 0.779 bits per heavy atom. The number of fused-ring (bicyclic) bond motifs is 2. The van der Waals surface area contributed by atoms with Gasteiger partial charge in [-0.05, 0) is 38.4 Å². The quantitative estimate of drug-likeness (QED) is 0.0474. The molecule has 0 bridgehead atoms. The zero-order chi connectivity index (χ0) is 50.4. The Morgan fingerprint density at radius 1 is 0.500 bits per heavy atom. The first-order chi connectivity index (χ1) is 32.5. The van der Waals surface area contributed by atoms with Gasteiger partial charge in [-0.15, -0.1) is 13.2 Å². The predicted molar refractivity (Wildman–Crippen MR) is 254 cm³/mol. The number of likely N-dealkylation sites (N-methyl/N-ethyl adjacent to an activating group) is 2. The van der Waals surface area contributed by atoms with E-state index in [9.17, 15) is 28.8 Å². The van der Waals surface area contributed by atoms with E-state index in [0.717, 1.165) is 88.4 Å². The van der Waals surface area contributed by atoms with E-state index in [1.807, 2.05) is 12.1 Å². The Bertz CT molecular complexity index is 2120. The molecule has 0 atom stereocenters. The summed E-state index contributed by atoms with van der Waals surface area (Å²) in [5.41, 5.74) is 4.47. The molecule has 2 fully saturated rings. The van der Waals surface area contributed by atoms with E-state index in [1.165, 1.54) is 11.0 Å². The zero-order valence-electron chi connectivity index (χ0n) is 38.1. The minimum Gasteiger partial charge on any atom is -0.478 e. The van der Waals surface area contributed by atoms with Gasteiger partial charge >= 0.3 is 35.8 Å². The highest BCUT2D eigenvalue weighted by Crippen LogP contribution is 2.25. The van der Waals surface area contributed by atoms with Gasteiger partial charge in [-0.3, -0.25) is 0 Å². The summed E-state index contributed by atoms with van der Waals surface area (Å²) in [6, 6.07) is 16.7. The summed E-state index contributed by atoms with van der Waals surface area (Å²) in [6.07, 6.45) is 6.92. The van der Waals surface area contributed by atoms with Gasteiger partial charge in [-0.1, -0.05) is 36.4 Å². The third kappa shape index (κ3) is 22.0. The van der Waals surface area contributed by atoms with Gasteiger partial charge in [-0.2, -0.15) is 0 Å². The largest absolute Gasteiger partial charge is 0.478 e. The second-order valence-electron chi connectivity index (χ2n) is 14.4. The summed E-state index contributed by atoms with van der Waals surface area (Å²) >= 11 is 0. The van der Waals surface area contributed by atoms with E-state index in [0.29, 0.717) is 62.9 Å². The highest BCUT2D eigenvalue weighted by Gasteiger charge is 2.22. The number of para-hydroxylation sites is 4. The van der Waals surface area contributed by atoms with Crippen molar-refractivity contribution in [3.05, 3.63) is 110 Å². The third-order valence-electron chi connectivity index (χ3n) is 9.34. The molecular formula is C46H60N8O14. The number of carboxylic acid groups (broad SMARTS) is 6. The second kappa shape index (κ2) is 31.3. The van der Waals surface area contributed by atoms with Gasteiger partial charge < -0.3 is 68.8 Å². The van der Waals surface area contributed by atoms with E-state index in [2.05, 4.69) is 92.4 Å². The van der Waals surface area contributed by atoms with Crippen molar-refractivity contribution in [3.8, 4) is 0 Å². The van der Waals surface area contributed by atoms with Gasteiger partial charge in [0.1, 0.15) is 0 Å². The molecule has 22 nitrogen and oxygen atoms in total. The molecule has 0 radical (unpaired) electrons. The van der Waals surface area contributed by atoms with E-state index >= 15 is 0 Å². The third-order valence-corrected chi connectivity index (χ3v) is 9.34. The van der Waals surface area contributed by atoms with Gasteiger partial charge in [-0.25, -0.2) is 38.7 Å². The molecule has 22 heteroatoms. The molecule has 2 aliphatic rings. The van der Waals surface area contributed by atoms with Gasteiger partial charge in [0.2, 0.25) is 11.9 Å². The van der Waals surface area contributed by atoms with Crippen LogP contribution in [0.15, 0.2) is 110 Å². The summed E-state index contributed by atoms with van der Waals surface area (Å²) < 4.78 is 15.7. The number of hydrogen-bond donors (Lipinski definition) is 6. The second-order valence-corrected chi connectivity index (χ2v) is 14.4. The summed E-state index contributed by atoms with van der Waals surface area (Å²) in [6.45, 7) is 19.9. The lowest BCUT2D eigenvalue weighted by atomic mass is 10.3. The monoisotopic (exact) mass is 948 g/mol. The standard InChI is InChI=1S/2C17H24N4O.3C4H4O4/c2*1-3-13-22-14-12-21-16-7-5-4-6-15(16)18-17(21)20-10-8-19(2)9-11-20;3*5-3(6)1-2-4(7)8/h2*3-7H,1,8-14H2,2H3;3*1-2H,(H,5,6)(H,7,8)/b;;3*2-1+. The molecular weight excluding hydrogens is 889 g/mol. The van der Waals surface area contributed by atoms with Crippen molar-refractivity contribution >= 4 is 69.8 Å². The van der Waals surface area contributed by atoms with Crippen LogP contribution in [-0.4, -0.2) is 188 Å². The van der Waals surface area contributed by atoms with Crippen molar-refractivity contribution in [3.63, 3.8) is 0 Å². The molecule has 368 valence electrons. The van der Waals surface area contributed by atoms with Crippen LogP contribution in [0.25, 0.3) is 22.1 Å². The number of rotatable bonds is 18. The van der Waals surface area contributed by atoms with E-state index in [4.69, 9.17) is 50.1 Å². The number of aliphatic carboxylic acids is 6. The van der Waals surface area contributed by atoms with Crippen LogP contribution in [-0.2, 0) is 51.3 Å². The summed E-state index contributed by atoms with van der Waals surface area (Å²) in [7, 11) is 4.34. The maximum atomic E-state index is 9.55. The Balaban J connectivity index is 0.000000320. The summed E-state index contributed by atoms with van der Waals surface area (Å²) in [5, 5.41) is 46.9. The van der Waals surface area contributed by atoms with Crippen molar-refractivity contribution in [2.75, 3.05) is 103 Å². The average molecular weight is 949 g/mol. The molecule has 0 spiro atoms. The fourth-order valence-corrected chi connectivity index (χ4v) is 6.13. The lowest BCUT2D eigenvalue weighted by molar-refractivity contribution is -0.134. The number of aromatic nitrogens is 4. The lowest BCUT2D eigenvalue weighted by Crippen LogP contribution is -2.45. The Kier molecular flexibility index (Phi) is 26.0. The molecule has 68 heavy (non-hydrogen) atoms. The first-order valence-electron chi connectivity index (χ1n) is 21.0. The number of anilines is 2. The van der Waals surface area contributed by atoms with Gasteiger partial charge in [0.05, 0.1) is 48.5 Å². The highest BCUT2D eigenvalue weighted by molar-refractivity contribution is 5.90. The number of hydrogen-bond acceptors (Lipinski definition) is 14. The Hall–Kier alpha value is -7.66. The lowest BCUT2D eigenvalue weighted by Gasteiger charge is -2.33. The highest BCUT2D eigenvalue weighted by atomic mass is 16.5. The summed E-state index contributed by atoms with van der Waals surface area (Å²) in [5.74, 6) is -5.41. The van der Waals surface area contributed by atoms with Crippen molar-refractivity contribution in [1.29, 1.82) is 0 Å². The molecule has 2 aromatic carbocycles. The predicted octanol–water partition coefficient (Wildman–Crippen LogP) is 3.12. The normalized spacial score (nSPS) is 13.9. The topological polar surface area (TPSA) is 291 Å². The smallest absolute Gasteiger partial charge is 0.328 e. The number of nitrogens with zero attached hydrogens (tertiary/aromatic N) is 8. The molecule has 0 aliphatic carbocycles. The fourth-order valence-electron chi connectivity index (χ4n) is 6.13. The van der Waals surface area contributed by atoms with Gasteiger partial charge in [0.25, 0.3) is 0 Å². The van der Waals surface area contributed by atoms with Gasteiger partial charge in [0, 0.05) is 102 Å². The summed E-state index contributed by atoms with van der Waals surface area (Å²) in [4.78, 5) is 76.5. The number of ether oxygens (including phenoxy) is 2. The molecule has 4 aromatic rings. The molecule has 2 aliphatic heterocycles. The number of carbonyl (C=O) groups is 6. The van der Waals surface area contributed by atoms with Crippen LogP contribution in [0.2, 0.25) is 0 Å². The molecule has 2 aromatic heterocycles. The van der Waals surface area contributed by atoms with E-state index in [-0.39, 0.29) is 0 Å². The number of imidazole rings is 2. The van der Waals surface area contributed by atoms with Crippen molar-refractivity contribution in [2.24, 2.45) is 0 Å². The van der Waals surface area contributed by atoms with Crippen LogP contribution in [0, 0.1) is 0 Å². The van der Waals surface area contributed by atoms with Crippen molar-refractivity contribution < 1.29 is 68.9 Å². The maximum absolute atomic E-state index is 9.55. The average Bonchev–Trinajstić information content (AvgIpc) is 3.87. The minimum atomic E-state index is -1.26. The molecule has 0 unspecified atom stereocenters. The van der Waals surface area contributed by atoms with Crippen LogP contribution in [0.5, 0.6) is 0 Å². The van der Waals surface area contributed by atoms with Crippen LogP contribution < -0.4 is 9.80 Å². The number of piperazine rings is 2. The first-order valence-corrected chi connectivity index (χ1v) is 21.0. The molecule has 0 saturated carbocycles. The van der Waals surface area contributed by atoms with E-state index < -0.39 is 35.8 Å². The molecule has 6 N–H and O–H groups in total. The fraction of sp³-hybridized carbons (Fsp3) is 0.348. The van der Waals surface area contributed by atoms with Gasteiger partial charge in [0.15, 0.2) is 0 Å². The number of benzene rings is 2. The van der Waals surface area contributed by atoms with E-state index in [1.54, 1.807) is 12.2 Å². The minimum absolute atomic E-state index is 0.558. The number of carboxylic acids is 6. The molecule has 0 amide bonds. The van der Waals surface area contributed by atoms with Crippen LogP contribution in [0.3, 0.4) is 0 Å². The van der Waals surface area contributed by atoms with Crippen LogP contribution in [0.1, 0.15) is 0 Å². The Labute approximate surface area is 392 Å².